The lowest BCUT2D eigenvalue weighted by Gasteiger charge is -2.21. The number of methoxy groups -OCH3 is 2. The van der Waals surface area contributed by atoms with Gasteiger partial charge in [-0.15, -0.1) is 0 Å². The molecule has 1 aromatic heterocycles. The second-order valence-corrected chi connectivity index (χ2v) is 7.25. The standard InChI is InChI=1S/C24H23NO5/c1-28-22-12-11-15(13-23(22)29-2)19-14-17(16-7-3-4-8-18(16)25-19)24(27)30-21-10-6-5-9-20(21)26/h3-4,7-8,11-14,21H,5-6,9-10H2,1-2H3/t21-/m1/s1. The first-order valence-electron chi connectivity index (χ1n) is 9.96. The van der Waals surface area contributed by atoms with Crippen molar-refractivity contribution in [3.05, 3.63) is 54.1 Å². The first kappa shape index (κ1) is 19.9. The summed E-state index contributed by atoms with van der Waals surface area (Å²) in [7, 11) is 3.14. The Kier molecular flexibility index (Phi) is 5.65. The summed E-state index contributed by atoms with van der Waals surface area (Å²) in [5.74, 6) is 0.669. The minimum Gasteiger partial charge on any atom is -0.493 e. The number of rotatable bonds is 5. The number of carbonyl (C=O) groups excluding carboxylic acids is 2. The molecule has 0 spiro atoms. The second kappa shape index (κ2) is 8.53. The van der Waals surface area contributed by atoms with Gasteiger partial charge >= 0.3 is 5.97 Å². The molecule has 0 N–H and O–H groups in total. The van der Waals surface area contributed by atoms with E-state index in [2.05, 4.69) is 0 Å². The number of aromatic nitrogens is 1. The maximum atomic E-state index is 13.0. The van der Waals surface area contributed by atoms with E-state index < -0.39 is 12.1 Å². The summed E-state index contributed by atoms with van der Waals surface area (Å²) in [4.78, 5) is 29.9. The Balaban J connectivity index is 1.76. The van der Waals surface area contributed by atoms with Crippen LogP contribution in [0.1, 0.15) is 36.0 Å². The molecule has 0 amide bonds. The van der Waals surface area contributed by atoms with Crippen LogP contribution in [0.2, 0.25) is 0 Å². The molecule has 0 radical (unpaired) electrons. The van der Waals surface area contributed by atoms with E-state index in [4.69, 9.17) is 19.2 Å². The zero-order valence-corrected chi connectivity index (χ0v) is 17.0. The summed E-state index contributed by atoms with van der Waals surface area (Å²) in [6.45, 7) is 0. The van der Waals surface area contributed by atoms with Gasteiger partial charge < -0.3 is 14.2 Å². The fraction of sp³-hybridized carbons (Fsp3) is 0.292. The average Bonchev–Trinajstić information content (AvgIpc) is 2.79. The Labute approximate surface area is 174 Å². The molecular formula is C24H23NO5. The maximum Gasteiger partial charge on any atom is 0.339 e. The molecule has 1 heterocycles. The number of Topliss-reactive ketones (excluding diaryl/α,β-unsaturated/α-hetero) is 1. The van der Waals surface area contributed by atoms with Gasteiger partial charge in [0.2, 0.25) is 0 Å². The van der Waals surface area contributed by atoms with Crippen LogP contribution in [0.4, 0.5) is 0 Å². The zero-order valence-electron chi connectivity index (χ0n) is 17.0. The van der Waals surface area contributed by atoms with Crippen molar-refractivity contribution in [2.24, 2.45) is 0 Å². The highest BCUT2D eigenvalue weighted by molar-refractivity contribution is 6.05. The number of pyridine rings is 1. The van der Waals surface area contributed by atoms with E-state index >= 15 is 0 Å². The maximum absolute atomic E-state index is 13.0. The number of nitrogens with zero attached hydrogens (tertiary/aromatic N) is 1. The number of carbonyl (C=O) groups is 2. The lowest BCUT2D eigenvalue weighted by atomic mass is 9.96. The quantitative estimate of drug-likeness (QED) is 0.578. The van der Waals surface area contributed by atoms with Gasteiger partial charge in [0.25, 0.3) is 0 Å². The van der Waals surface area contributed by atoms with E-state index in [1.54, 1.807) is 26.4 Å². The molecule has 154 valence electrons. The third-order valence-electron chi connectivity index (χ3n) is 5.36. The van der Waals surface area contributed by atoms with Crippen LogP contribution < -0.4 is 9.47 Å². The summed E-state index contributed by atoms with van der Waals surface area (Å²) in [6, 6.07) is 14.6. The van der Waals surface area contributed by atoms with Crippen molar-refractivity contribution in [1.82, 2.24) is 4.98 Å². The Morgan fingerprint density at radius 3 is 2.57 bits per heavy atom. The first-order valence-corrected chi connectivity index (χ1v) is 9.96. The van der Waals surface area contributed by atoms with Gasteiger partial charge in [-0.05, 0) is 49.6 Å². The van der Waals surface area contributed by atoms with Crippen molar-refractivity contribution in [3.63, 3.8) is 0 Å². The normalized spacial score (nSPS) is 16.3. The molecule has 1 aliphatic rings. The Morgan fingerprint density at radius 1 is 1.00 bits per heavy atom. The molecule has 0 unspecified atom stereocenters. The highest BCUT2D eigenvalue weighted by Crippen LogP contribution is 2.33. The van der Waals surface area contributed by atoms with Gasteiger partial charge in [-0.1, -0.05) is 18.2 Å². The monoisotopic (exact) mass is 405 g/mol. The van der Waals surface area contributed by atoms with E-state index in [1.807, 2.05) is 36.4 Å². The minimum absolute atomic E-state index is 0.00641. The molecule has 0 bridgehead atoms. The smallest absolute Gasteiger partial charge is 0.339 e. The number of benzene rings is 2. The number of fused-ring (bicyclic) bond motifs is 1. The number of ketones is 1. The second-order valence-electron chi connectivity index (χ2n) is 7.25. The molecule has 0 aliphatic heterocycles. The van der Waals surface area contributed by atoms with Gasteiger partial charge in [0.15, 0.2) is 23.4 Å². The summed E-state index contributed by atoms with van der Waals surface area (Å²) < 4.78 is 16.3. The number of hydrogen-bond acceptors (Lipinski definition) is 6. The van der Waals surface area contributed by atoms with Crippen LogP contribution in [0.15, 0.2) is 48.5 Å². The molecule has 0 saturated heterocycles. The fourth-order valence-electron chi connectivity index (χ4n) is 3.76. The van der Waals surface area contributed by atoms with Crippen LogP contribution in [0, 0.1) is 0 Å². The van der Waals surface area contributed by atoms with E-state index in [-0.39, 0.29) is 5.78 Å². The minimum atomic E-state index is -0.664. The van der Waals surface area contributed by atoms with Gasteiger partial charge in [0.05, 0.1) is 31.0 Å². The van der Waals surface area contributed by atoms with E-state index in [9.17, 15) is 9.59 Å². The van der Waals surface area contributed by atoms with Crippen LogP contribution in [-0.4, -0.2) is 37.1 Å². The lowest BCUT2D eigenvalue weighted by molar-refractivity contribution is -0.129. The zero-order chi connectivity index (χ0) is 21.1. The summed E-state index contributed by atoms with van der Waals surface area (Å²) in [5.41, 5.74) is 2.45. The number of ether oxygens (including phenoxy) is 3. The molecule has 30 heavy (non-hydrogen) atoms. The largest absolute Gasteiger partial charge is 0.493 e. The number of hydrogen-bond donors (Lipinski definition) is 0. The fourth-order valence-corrected chi connectivity index (χ4v) is 3.76. The van der Waals surface area contributed by atoms with E-state index in [0.717, 1.165) is 18.4 Å². The highest BCUT2D eigenvalue weighted by atomic mass is 16.5. The molecule has 1 aliphatic carbocycles. The molecule has 1 saturated carbocycles. The van der Waals surface area contributed by atoms with Gasteiger partial charge in [0.1, 0.15) is 0 Å². The molecule has 2 aromatic carbocycles. The molecule has 1 fully saturated rings. The SMILES string of the molecule is COc1ccc(-c2cc(C(=O)O[C@@H]3CCCCC3=O)c3ccccc3n2)cc1OC. The van der Waals surface area contributed by atoms with Crippen LogP contribution >= 0.6 is 0 Å². The van der Waals surface area contributed by atoms with Crippen molar-refractivity contribution in [2.75, 3.05) is 14.2 Å². The predicted molar refractivity (Wildman–Crippen MR) is 113 cm³/mol. The molecule has 3 aromatic rings. The summed E-state index contributed by atoms with van der Waals surface area (Å²) in [6.07, 6.45) is 2.12. The summed E-state index contributed by atoms with van der Waals surface area (Å²) >= 11 is 0. The van der Waals surface area contributed by atoms with E-state index in [1.165, 1.54) is 0 Å². The Morgan fingerprint density at radius 2 is 1.80 bits per heavy atom. The van der Waals surface area contributed by atoms with Gasteiger partial charge in [-0.2, -0.15) is 0 Å². The topological polar surface area (TPSA) is 74.7 Å². The predicted octanol–water partition coefficient (Wildman–Crippen LogP) is 4.59. The molecular weight excluding hydrogens is 382 g/mol. The Bertz CT molecular complexity index is 1110. The molecule has 1 atom stereocenters. The van der Waals surface area contributed by atoms with Crippen LogP contribution in [0.3, 0.4) is 0 Å². The Hall–Kier alpha value is -3.41. The molecule has 6 heteroatoms. The van der Waals surface area contributed by atoms with Crippen molar-refractivity contribution in [2.45, 2.75) is 31.8 Å². The van der Waals surface area contributed by atoms with Crippen molar-refractivity contribution >= 4 is 22.7 Å². The molecule has 4 rings (SSSR count). The van der Waals surface area contributed by atoms with Crippen LogP contribution in [-0.2, 0) is 9.53 Å². The van der Waals surface area contributed by atoms with Crippen molar-refractivity contribution in [1.29, 1.82) is 0 Å². The molecule has 6 nitrogen and oxygen atoms in total. The van der Waals surface area contributed by atoms with E-state index in [0.29, 0.717) is 46.5 Å². The third kappa shape index (κ3) is 3.85. The number of esters is 1. The van der Waals surface area contributed by atoms with Crippen molar-refractivity contribution in [3.8, 4) is 22.8 Å². The lowest BCUT2D eigenvalue weighted by Crippen LogP contribution is -2.30. The van der Waals surface area contributed by atoms with Crippen molar-refractivity contribution < 1.29 is 23.8 Å². The first-order chi connectivity index (χ1) is 14.6. The third-order valence-corrected chi connectivity index (χ3v) is 5.36. The van der Waals surface area contributed by atoms with Gasteiger partial charge in [-0.3, -0.25) is 4.79 Å². The average molecular weight is 405 g/mol. The number of para-hydroxylation sites is 1. The van der Waals surface area contributed by atoms with Crippen LogP contribution in [0.25, 0.3) is 22.2 Å². The van der Waals surface area contributed by atoms with Gasteiger partial charge in [0, 0.05) is 17.4 Å². The summed E-state index contributed by atoms with van der Waals surface area (Å²) in [5, 5.41) is 0.690. The van der Waals surface area contributed by atoms with Gasteiger partial charge in [-0.25, -0.2) is 9.78 Å². The highest BCUT2D eigenvalue weighted by Gasteiger charge is 2.27. The van der Waals surface area contributed by atoms with Crippen LogP contribution in [0.5, 0.6) is 11.5 Å².